The predicted octanol–water partition coefficient (Wildman–Crippen LogP) is -0.941. The van der Waals surface area contributed by atoms with E-state index in [2.05, 4.69) is 8.37 Å². The van der Waals surface area contributed by atoms with Crippen LogP contribution < -0.4 is 0 Å². The van der Waals surface area contributed by atoms with Gasteiger partial charge in [-0.3, -0.25) is 0 Å². The van der Waals surface area contributed by atoms with E-state index in [1.807, 2.05) is 0 Å². The normalized spacial score (nSPS) is 12.2. The maximum absolute atomic E-state index is 10.3. The molecule has 0 unspecified atom stereocenters. The smallest absolute Gasteiger partial charge is 0.311 e. The molecule has 0 spiro atoms. The lowest BCUT2D eigenvalue weighted by Crippen LogP contribution is -2.16. The van der Waals surface area contributed by atoms with Crippen LogP contribution in [-0.2, 0) is 28.6 Å². The molecule has 0 aromatic heterocycles. The number of carbonyl (C=O) groups excluding carboxylic acids is 1. The number of hydrogen-bond donors (Lipinski definition) is 0. The van der Waals surface area contributed by atoms with Crippen molar-refractivity contribution in [3.63, 3.8) is 0 Å². The summed E-state index contributed by atoms with van der Waals surface area (Å²) in [5, 5.41) is 0. The van der Waals surface area contributed by atoms with Gasteiger partial charge in [-0.05, 0) is 0 Å². The van der Waals surface area contributed by atoms with E-state index in [4.69, 9.17) is 0 Å². The molecule has 9 heteroatoms. The molecule has 0 aromatic rings. The van der Waals surface area contributed by atoms with Crippen molar-refractivity contribution in [2.45, 2.75) is 0 Å². The highest BCUT2D eigenvalue weighted by atomic mass is 32.2. The van der Waals surface area contributed by atoms with Crippen LogP contribution in [0.2, 0.25) is 0 Å². The van der Waals surface area contributed by atoms with E-state index >= 15 is 0 Å². The van der Waals surface area contributed by atoms with Crippen LogP contribution in [0.25, 0.3) is 0 Å². The van der Waals surface area contributed by atoms with Crippen LogP contribution in [0.5, 0.6) is 0 Å². The Kier molecular flexibility index (Phi) is 3.04. The molecule has 7 nitrogen and oxygen atoms in total. The summed E-state index contributed by atoms with van der Waals surface area (Å²) in [5.41, 5.74) is 0. The number of hydrogen-bond acceptors (Lipinski definition) is 7. The van der Waals surface area contributed by atoms with E-state index in [1.165, 1.54) is 0 Å². The Labute approximate surface area is 69.5 Å². The van der Waals surface area contributed by atoms with Gasteiger partial charge in [-0.2, -0.15) is 16.8 Å². The molecule has 0 heterocycles. The Bertz CT molecular complexity index is 323. The maximum Gasteiger partial charge on any atom is 0.540 e. The van der Waals surface area contributed by atoms with E-state index < -0.39 is 26.4 Å². The summed E-state index contributed by atoms with van der Waals surface area (Å²) >= 11 is 0. The molecular formula is C3H6O7S2. The molecule has 0 atom stereocenters. The molecule has 0 N–H and O–H groups in total. The van der Waals surface area contributed by atoms with Gasteiger partial charge in [-0.15, -0.1) is 0 Å². The minimum absolute atomic E-state index is 0.580. The van der Waals surface area contributed by atoms with Gasteiger partial charge in [0.05, 0.1) is 12.5 Å². The van der Waals surface area contributed by atoms with Crippen LogP contribution in [0.3, 0.4) is 0 Å². The molecular weight excluding hydrogens is 212 g/mol. The Morgan fingerprint density at radius 2 is 1.17 bits per heavy atom. The van der Waals surface area contributed by atoms with Crippen molar-refractivity contribution >= 4 is 26.4 Å². The van der Waals surface area contributed by atoms with Crippen LogP contribution in [0.1, 0.15) is 0 Å². The number of rotatable bonds is 2. The second kappa shape index (κ2) is 3.27. The van der Waals surface area contributed by atoms with Gasteiger partial charge in [0.25, 0.3) is 0 Å². The van der Waals surface area contributed by atoms with Crippen molar-refractivity contribution in [3.8, 4) is 0 Å². The molecule has 12 heavy (non-hydrogen) atoms. The van der Waals surface area contributed by atoms with Crippen LogP contribution in [0.4, 0.5) is 4.79 Å². The molecule has 0 aromatic carbocycles. The third-order valence-electron chi connectivity index (χ3n) is 0.439. The summed E-state index contributed by atoms with van der Waals surface area (Å²) in [6.07, 6.45) is -0.632. The lowest BCUT2D eigenvalue weighted by Gasteiger charge is -1.99. The molecule has 0 saturated heterocycles. The van der Waals surface area contributed by atoms with Crippen molar-refractivity contribution in [3.05, 3.63) is 0 Å². The second-order valence-electron chi connectivity index (χ2n) is 1.82. The third kappa shape index (κ3) is 7.28. The summed E-state index contributed by atoms with van der Waals surface area (Å²) in [7, 11) is -8.07. The molecule has 0 aliphatic rings. The van der Waals surface area contributed by atoms with Crippen molar-refractivity contribution in [2.75, 3.05) is 12.5 Å². The lowest BCUT2D eigenvalue weighted by molar-refractivity contribution is 0.158. The summed E-state index contributed by atoms with van der Waals surface area (Å²) in [6, 6.07) is 0. The quantitative estimate of drug-likeness (QED) is 0.551. The fraction of sp³-hybridized carbons (Fsp3) is 0.667. The highest BCUT2D eigenvalue weighted by molar-refractivity contribution is 7.87. The number of carbonyl (C=O) groups is 1. The van der Waals surface area contributed by atoms with Crippen molar-refractivity contribution in [1.29, 1.82) is 0 Å². The Morgan fingerprint density at radius 1 is 0.917 bits per heavy atom. The minimum atomic E-state index is -4.03. The average molecular weight is 218 g/mol. The molecule has 0 amide bonds. The van der Waals surface area contributed by atoms with Gasteiger partial charge in [-0.1, -0.05) is 0 Å². The fourth-order valence-corrected chi connectivity index (χ4v) is 0.867. The van der Waals surface area contributed by atoms with Gasteiger partial charge < -0.3 is 8.37 Å². The first-order chi connectivity index (χ1) is 5.10. The van der Waals surface area contributed by atoms with Crippen molar-refractivity contribution in [2.24, 2.45) is 0 Å². The molecule has 0 radical (unpaired) electrons. The summed E-state index contributed by atoms with van der Waals surface area (Å²) in [4.78, 5) is 10.3. The molecule has 0 fully saturated rings. The molecule has 0 aliphatic heterocycles. The largest absolute Gasteiger partial charge is 0.540 e. The van der Waals surface area contributed by atoms with Crippen molar-refractivity contribution in [1.82, 2.24) is 0 Å². The van der Waals surface area contributed by atoms with E-state index in [1.54, 1.807) is 0 Å². The van der Waals surface area contributed by atoms with E-state index in [-0.39, 0.29) is 0 Å². The zero-order chi connectivity index (χ0) is 9.99. The predicted molar refractivity (Wildman–Crippen MR) is 37.3 cm³/mol. The van der Waals surface area contributed by atoms with Crippen LogP contribution in [-0.4, -0.2) is 35.5 Å². The van der Waals surface area contributed by atoms with E-state index in [9.17, 15) is 21.6 Å². The van der Waals surface area contributed by atoms with Crippen LogP contribution in [0.15, 0.2) is 0 Å². The topological polar surface area (TPSA) is 104 Å². The van der Waals surface area contributed by atoms with Gasteiger partial charge >= 0.3 is 26.4 Å². The Balaban J connectivity index is 4.30. The summed E-state index contributed by atoms with van der Waals surface area (Å²) in [6.45, 7) is 0. The summed E-state index contributed by atoms with van der Waals surface area (Å²) in [5.74, 6) is 0. The molecule has 72 valence electrons. The molecule has 0 saturated carbocycles. The SMILES string of the molecule is CS(=O)(=O)OC(=O)OS(C)(=O)=O. The van der Waals surface area contributed by atoms with E-state index in [0.29, 0.717) is 12.5 Å². The minimum Gasteiger partial charge on any atom is -0.311 e. The Morgan fingerprint density at radius 3 is 1.33 bits per heavy atom. The highest BCUT2D eigenvalue weighted by Gasteiger charge is 2.17. The van der Waals surface area contributed by atoms with Gasteiger partial charge in [-0.25, -0.2) is 4.79 Å². The Hall–Kier alpha value is -0.830. The first kappa shape index (κ1) is 11.2. The maximum atomic E-state index is 10.3. The second-order valence-corrected chi connectivity index (χ2v) is 4.97. The molecule has 0 rings (SSSR count). The third-order valence-corrected chi connectivity index (χ3v) is 1.32. The first-order valence-electron chi connectivity index (χ1n) is 2.43. The monoisotopic (exact) mass is 218 g/mol. The summed E-state index contributed by atoms with van der Waals surface area (Å²) < 4.78 is 47.9. The molecule has 0 aliphatic carbocycles. The zero-order valence-electron chi connectivity index (χ0n) is 6.17. The van der Waals surface area contributed by atoms with Gasteiger partial charge in [0, 0.05) is 0 Å². The lowest BCUT2D eigenvalue weighted by atomic mass is 11.5. The highest BCUT2D eigenvalue weighted by Crippen LogP contribution is 1.95. The molecule has 0 bridgehead atoms. The zero-order valence-corrected chi connectivity index (χ0v) is 7.81. The fourth-order valence-electron chi connectivity index (χ4n) is 0.261. The van der Waals surface area contributed by atoms with Crippen LogP contribution >= 0.6 is 0 Å². The van der Waals surface area contributed by atoms with Gasteiger partial charge in [0.15, 0.2) is 0 Å². The van der Waals surface area contributed by atoms with E-state index in [0.717, 1.165) is 0 Å². The average Bonchev–Trinajstić information content (AvgIpc) is 1.49. The van der Waals surface area contributed by atoms with Gasteiger partial charge in [0.1, 0.15) is 0 Å². The first-order valence-corrected chi connectivity index (χ1v) is 6.06. The van der Waals surface area contributed by atoms with Crippen molar-refractivity contribution < 1.29 is 30.0 Å². The van der Waals surface area contributed by atoms with Crippen LogP contribution in [0, 0.1) is 0 Å². The standard InChI is InChI=1S/C3H6O7S2/c1-11(5,6)9-3(4)10-12(2,7)8/h1-2H3. The van der Waals surface area contributed by atoms with Gasteiger partial charge in [0.2, 0.25) is 0 Å².